The SMILES string of the molecule is Cc1nc(Br)ccc1NC(=O)c1ccoc1. The Morgan fingerprint density at radius 1 is 1.44 bits per heavy atom. The zero-order chi connectivity index (χ0) is 11.5. The molecule has 16 heavy (non-hydrogen) atoms. The van der Waals surface area contributed by atoms with E-state index in [1.165, 1.54) is 12.5 Å². The minimum absolute atomic E-state index is 0.207. The molecule has 0 unspecified atom stereocenters. The first-order chi connectivity index (χ1) is 7.66. The molecule has 0 aliphatic rings. The van der Waals surface area contributed by atoms with Crippen molar-refractivity contribution in [3.05, 3.63) is 46.6 Å². The lowest BCUT2D eigenvalue weighted by Crippen LogP contribution is -2.12. The number of nitrogens with one attached hydrogen (secondary N) is 1. The van der Waals surface area contributed by atoms with Crippen molar-refractivity contribution in [2.45, 2.75) is 6.92 Å². The molecule has 0 radical (unpaired) electrons. The van der Waals surface area contributed by atoms with E-state index < -0.39 is 0 Å². The fourth-order valence-corrected chi connectivity index (χ4v) is 1.65. The second-order valence-corrected chi connectivity index (χ2v) is 4.05. The number of carbonyl (C=O) groups excluding carboxylic acids is 1. The summed E-state index contributed by atoms with van der Waals surface area (Å²) in [5, 5.41) is 2.76. The van der Waals surface area contributed by atoms with E-state index in [9.17, 15) is 4.79 Å². The van der Waals surface area contributed by atoms with Crippen LogP contribution in [0.1, 0.15) is 16.1 Å². The molecule has 0 aliphatic carbocycles. The van der Waals surface area contributed by atoms with E-state index in [-0.39, 0.29) is 5.91 Å². The lowest BCUT2D eigenvalue weighted by molar-refractivity contribution is 0.102. The van der Waals surface area contributed by atoms with E-state index >= 15 is 0 Å². The molecular formula is C11H9BrN2O2. The monoisotopic (exact) mass is 280 g/mol. The number of hydrogen-bond donors (Lipinski definition) is 1. The van der Waals surface area contributed by atoms with Crippen molar-refractivity contribution >= 4 is 27.5 Å². The Balaban J connectivity index is 2.18. The molecule has 82 valence electrons. The molecule has 0 saturated carbocycles. The number of anilines is 1. The smallest absolute Gasteiger partial charge is 0.258 e. The Morgan fingerprint density at radius 3 is 2.88 bits per heavy atom. The van der Waals surface area contributed by atoms with Crippen LogP contribution in [0.15, 0.2) is 39.7 Å². The molecule has 0 fully saturated rings. The van der Waals surface area contributed by atoms with E-state index in [1.54, 1.807) is 18.2 Å². The number of aromatic nitrogens is 1. The highest BCUT2D eigenvalue weighted by Crippen LogP contribution is 2.17. The van der Waals surface area contributed by atoms with Gasteiger partial charge in [-0.05, 0) is 41.1 Å². The third-order valence-corrected chi connectivity index (χ3v) is 2.53. The first-order valence-electron chi connectivity index (χ1n) is 4.63. The van der Waals surface area contributed by atoms with Crippen molar-refractivity contribution in [1.82, 2.24) is 4.98 Å². The highest BCUT2D eigenvalue weighted by Gasteiger charge is 2.09. The van der Waals surface area contributed by atoms with Gasteiger partial charge >= 0.3 is 0 Å². The summed E-state index contributed by atoms with van der Waals surface area (Å²) in [6.45, 7) is 1.83. The van der Waals surface area contributed by atoms with Gasteiger partial charge in [-0.1, -0.05) is 0 Å². The third kappa shape index (κ3) is 2.30. The summed E-state index contributed by atoms with van der Waals surface area (Å²) in [7, 11) is 0. The van der Waals surface area contributed by atoms with Crippen molar-refractivity contribution in [2.24, 2.45) is 0 Å². The van der Waals surface area contributed by atoms with Crippen molar-refractivity contribution < 1.29 is 9.21 Å². The van der Waals surface area contributed by atoms with E-state index in [4.69, 9.17) is 4.42 Å². The molecular weight excluding hydrogens is 272 g/mol. The summed E-state index contributed by atoms with van der Waals surface area (Å²) in [6.07, 6.45) is 2.86. The first kappa shape index (κ1) is 10.9. The van der Waals surface area contributed by atoms with Crippen molar-refractivity contribution in [3.63, 3.8) is 0 Å². The lowest BCUT2D eigenvalue weighted by atomic mass is 10.2. The average molecular weight is 281 g/mol. The van der Waals surface area contributed by atoms with Gasteiger partial charge in [-0.15, -0.1) is 0 Å². The highest BCUT2D eigenvalue weighted by atomic mass is 79.9. The molecule has 4 nitrogen and oxygen atoms in total. The Labute approximate surface area is 101 Å². The largest absolute Gasteiger partial charge is 0.472 e. The Morgan fingerprint density at radius 2 is 2.25 bits per heavy atom. The molecule has 0 bridgehead atoms. The number of carbonyl (C=O) groups is 1. The van der Waals surface area contributed by atoms with Crippen LogP contribution in [-0.2, 0) is 0 Å². The van der Waals surface area contributed by atoms with Gasteiger partial charge < -0.3 is 9.73 Å². The second kappa shape index (κ2) is 4.49. The van der Waals surface area contributed by atoms with Gasteiger partial charge in [0.2, 0.25) is 0 Å². The van der Waals surface area contributed by atoms with E-state index in [2.05, 4.69) is 26.2 Å². The van der Waals surface area contributed by atoms with Crippen LogP contribution in [0.3, 0.4) is 0 Å². The minimum atomic E-state index is -0.207. The Bertz CT molecular complexity index is 509. The topological polar surface area (TPSA) is 55.1 Å². The minimum Gasteiger partial charge on any atom is -0.472 e. The van der Waals surface area contributed by atoms with Crippen LogP contribution < -0.4 is 5.32 Å². The zero-order valence-electron chi connectivity index (χ0n) is 8.53. The molecule has 0 spiro atoms. The molecule has 0 aliphatic heterocycles. The molecule has 0 saturated heterocycles. The van der Waals surface area contributed by atoms with Gasteiger partial charge in [0.1, 0.15) is 10.9 Å². The quantitative estimate of drug-likeness (QED) is 0.861. The maximum atomic E-state index is 11.7. The molecule has 2 aromatic heterocycles. The van der Waals surface area contributed by atoms with E-state index in [0.29, 0.717) is 11.3 Å². The second-order valence-electron chi connectivity index (χ2n) is 3.23. The first-order valence-corrected chi connectivity index (χ1v) is 5.43. The molecule has 1 amide bonds. The number of rotatable bonds is 2. The van der Waals surface area contributed by atoms with Crippen LogP contribution in [0.5, 0.6) is 0 Å². The lowest BCUT2D eigenvalue weighted by Gasteiger charge is -2.06. The number of nitrogens with zero attached hydrogens (tertiary/aromatic N) is 1. The number of furan rings is 1. The standard InChI is InChI=1S/C11H9BrN2O2/c1-7-9(2-3-10(12)13-7)14-11(15)8-4-5-16-6-8/h2-6H,1H3,(H,14,15). The summed E-state index contributed by atoms with van der Waals surface area (Å²) in [6, 6.07) is 5.18. The number of aryl methyl sites for hydroxylation is 1. The molecule has 2 aromatic rings. The number of pyridine rings is 1. The predicted octanol–water partition coefficient (Wildman–Crippen LogP) is 3.00. The van der Waals surface area contributed by atoms with Gasteiger partial charge in [0.05, 0.1) is 23.2 Å². The zero-order valence-corrected chi connectivity index (χ0v) is 10.1. The fraction of sp³-hybridized carbons (Fsp3) is 0.0909. The van der Waals surface area contributed by atoms with Gasteiger partial charge in [-0.25, -0.2) is 4.98 Å². The fourth-order valence-electron chi connectivity index (χ4n) is 1.25. The summed E-state index contributed by atoms with van der Waals surface area (Å²) in [5.41, 5.74) is 1.93. The van der Waals surface area contributed by atoms with E-state index in [1.807, 2.05) is 6.92 Å². The van der Waals surface area contributed by atoms with Crippen molar-refractivity contribution in [1.29, 1.82) is 0 Å². The van der Waals surface area contributed by atoms with Crippen LogP contribution in [0.4, 0.5) is 5.69 Å². The maximum absolute atomic E-state index is 11.7. The number of amides is 1. The van der Waals surface area contributed by atoms with Crippen LogP contribution in [-0.4, -0.2) is 10.9 Å². The van der Waals surface area contributed by atoms with Gasteiger partial charge in [-0.2, -0.15) is 0 Å². The molecule has 2 rings (SSSR count). The van der Waals surface area contributed by atoms with Crippen LogP contribution in [0.2, 0.25) is 0 Å². The van der Waals surface area contributed by atoms with Crippen molar-refractivity contribution in [2.75, 3.05) is 5.32 Å². The molecule has 2 heterocycles. The van der Waals surface area contributed by atoms with Crippen LogP contribution in [0.25, 0.3) is 0 Å². The van der Waals surface area contributed by atoms with E-state index in [0.717, 1.165) is 10.3 Å². The normalized spacial score (nSPS) is 10.1. The third-order valence-electron chi connectivity index (χ3n) is 2.08. The Kier molecular flexibility index (Phi) is 3.05. The summed E-state index contributed by atoms with van der Waals surface area (Å²) < 4.78 is 5.58. The van der Waals surface area contributed by atoms with Gasteiger partial charge in [0.25, 0.3) is 5.91 Å². The molecule has 5 heteroatoms. The number of hydrogen-bond acceptors (Lipinski definition) is 3. The average Bonchev–Trinajstić information content (AvgIpc) is 2.75. The summed E-state index contributed by atoms with van der Waals surface area (Å²) in [5.74, 6) is -0.207. The summed E-state index contributed by atoms with van der Waals surface area (Å²) >= 11 is 3.26. The predicted molar refractivity (Wildman–Crippen MR) is 63.3 cm³/mol. The van der Waals surface area contributed by atoms with Gasteiger partial charge in [0.15, 0.2) is 0 Å². The van der Waals surface area contributed by atoms with Crippen molar-refractivity contribution in [3.8, 4) is 0 Å². The number of halogens is 1. The van der Waals surface area contributed by atoms with Gasteiger partial charge in [-0.3, -0.25) is 4.79 Å². The summed E-state index contributed by atoms with van der Waals surface area (Å²) in [4.78, 5) is 15.9. The van der Waals surface area contributed by atoms with Crippen LogP contribution >= 0.6 is 15.9 Å². The highest BCUT2D eigenvalue weighted by molar-refractivity contribution is 9.10. The van der Waals surface area contributed by atoms with Crippen LogP contribution in [0, 0.1) is 6.92 Å². The van der Waals surface area contributed by atoms with Gasteiger partial charge in [0, 0.05) is 0 Å². The molecule has 1 N–H and O–H groups in total. The molecule has 0 aromatic carbocycles. The Hall–Kier alpha value is -1.62. The maximum Gasteiger partial charge on any atom is 0.258 e. The molecule has 0 atom stereocenters.